The summed E-state index contributed by atoms with van der Waals surface area (Å²) in [6, 6.07) is 45.9. The van der Waals surface area contributed by atoms with E-state index in [0.29, 0.717) is 0 Å². The first-order chi connectivity index (χ1) is 31.1. The van der Waals surface area contributed by atoms with Gasteiger partial charge in [0.25, 0.3) is 0 Å². The van der Waals surface area contributed by atoms with Gasteiger partial charge < -0.3 is 14.6 Å². The van der Waals surface area contributed by atoms with E-state index >= 15 is 0 Å². The molecule has 304 valence electrons. The second kappa shape index (κ2) is 15.3. The lowest BCUT2D eigenvalue weighted by atomic mass is 9.73. The lowest BCUT2D eigenvalue weighted by Gasteiger charge is -2.33. The highest BCUT2D eigenvalue weighted by molar-refractivity contribution is 7.20. The standard InChI is InChI=1S/C59H46N2OS/c1-3-18-38(35-37(2)54-42-23-10-11-24-45(42)57-47-26-13-15-32-53(47)63-59(57)58(54)60-40-19-6-4-7-20-40)39-33-34-51-48(36-39)56-44(28-17-31-52(56)62-51)43-27-16-30-50-55(43)46-25-12-14-29-49(46)61(50)41-21-8-5-9-22-41/h3-23,25-32,34-36,39,44-45,56,60H,2,24,33H2,1H3/b18-3-,38-35+. The van der Waals surface area contributed by atoms with Crippen molar-refractivity contribution in [2.45, 2.75) is 31.6 Å². The van der Waals surface area contributed by atoms with Crippen LogP contribution >= 0.6 is 11.3 Å². The molecule has 63 heavy (non-hydrogen) atoms. The molecule has 0 amide bonds. The average Bonchev–Trinajstić information content (AvgIpc) is 4.02. The zero-order chi connectivity index (χ0) is 42.0. The summed E-state index contributed by atoms with van der Waals surface area (Å²) in [6.07, 6.45) is 27.1. The molecule has 2 aromatic heterocycles. The maximum atomic E-state index is 6.76. The number of benzene rings is 5. The normalized spacial score (nSPS) is 21.4. The van der Waals surface area contributed by atoms with E-state index in [1.807, 2.05) is 11.3 Å². The van der Waals surface area contributed by atoms with Gasteiger partial charge in [0, 0.05) is 55.7 Å². The van der Waals surface area contributed by atoms with Crippen LogP contribution in [0, 0.1) is 11.8 Å². The number of aromatic nitrogens is 1. The number of thiophene rings is 1. The van der Waals surface area contributed by atoms with Gasteiger partial charge in [-0.3, -0.25) is 0 Å². The smallest absolute Gasteiger partial charge is 0.126 e. The van der Waals surface area contributed by atoms with Gasteiger partial charge in [-0.05, 0) is 108 Å². The van der Waals surface area contributed by atoms with Crippen molar-refractivity contribution in [2.75, 3.05) is 5.32 Å². The lowest BCUT2D eigenvalue weighted by Crippen LogP contribution is -2.18. The highest BCUT2D eigenvalue weighted by atomic mass is 32.1. The molecule has 1 N–H and O–H groups in total. The van der Waals surface area contributed by atoms with Crippen LogP contribution in [0.1, 0.15) is 47.6 Å². The molecular formula is C59H46N2OS. The monoisotopic (exact) mass is 830 g/mol. The van der Waals surface area contributed by atoms with Crippen molar-refractivity contribution in [3.63, 3.8) is 0 Å². The van der Waals surface area contributed by atoms with E-state index < -0.39 is 0 Å². The third kappa shape index (κ3) is 6.15. The van der Waals surface area contributed by atoms with Crippen molar-refractivity contribution >= 4 is 54.6 Å². The summed E-state index contributed by atoms with van der Waals surface area (Å²) in [5.41, 5.74) is 14.6. The molecule has 0 spiro atoms. The van der Waals surface area contributed by atoms with Gasteiger partial charge in [-0.2, -0.15) is 0 Å². The molecule has 4 aliphatic carbocycles. The molecule has 5 aliphatic rings. The average molecular weight is 831 g/mol. The van der Waals surface area contributed by atoms with Gasteiger partial charge in [-0.1, -0.05) is 146 Å². The second-order valence-electron chi connectivity index (χ2n) is 17.1. The zero-order valence-electron chi connectivity index (χ0n) is 35.2. The fourth-order valence-electron chi connectivity index (χ4n) is 10.9. The van der Waals surface area contributed by atoms with E-state index in [-0.39, 0.29) is 23.7 Å². The Morgan fingerprint density at radius 3 is 2.43 bits per heavy atom. The van der Waals surface area contributed by atoms with Crippen LogP contribution in [0.3, 0.4) is 0 Å². The molecule has 7 aromatic rings. The largest absolute Gasteiger partial charge is 0.461 e. The molecule has 1 saturated heterocycles. The third-order valence-corrected chi connectivity index (χ3v) is 14.7. The predicted molar refractivity (Wildman–Crippen MR) is 265 cm³/mol. The summed E-state index contributed by atoms with van der Waals surface area (Å²) in [7, 11) is 0. The number of allylic oxidation sites excluding steroid dienone is 17. The number of rotatable bonds is 8. The van der Waals surface area contributed by atoms with Gasteiger partial charge in [0.2, 0.25) is 0 Å². The van der Waals surface area contributed by atoms with Crippen molar-refractivity contribution in [2.24, 2.45) is 11.8 Å². The number of fused-ring (bicyclic) bond motifs is 11. The molecule has 4 unspecified atom stereocenters. The van der Waals surface area contributed by atoms with Crippen molar-refractivity contribution in [3.8, 4) is 5.69 Å². The van der Waals surface area contributed by atoms with Crippen molar-refractivity contribution in [1.29, 1.82) is 0 Å². The third-order valence-electron chi connectivity index (χ3n) is 13.5. The number of anilines is 1. The van der Waals surface area contributed by atoms with Crippen LogP contribution in [-0.4, -0.2) is 4.57 Å². The molecular weight excluding hydrogens is 785 g/mol. The van der Waals surface area contributed by atoms with Gasteiger partial charge in [0.1, 0.15) is 11.5 Å². The maximum Gasteiger partial charge on any atom is 0.126 e. The Hall–Kier alpha value is -7.14. The molecule has 0 radical (unpaired) electrons. The molecule has 12 rings (SSSR count). The minimum Gasteiger partial charge on any atom is -0.461 e. The Morgan fingerprint density at radius 2 is 1.57 bits per heavy atom. The van der Waals surface area contributed by atoms with E-state index in [0.717, 1.165) is 41.3 Å². The first-order valence-electron chi connectivity index (χ1n) is 22.2. The van der Waals surface area contributed by atoms with Gasteiger partial charge in [0.15, 0.2) is 0 Å². The van der Waals surface area contributed by atoms with Gasteiger partial charge >= 0.3 is 0 Å². The predicted octanol–water partition coefficient (Wildman–Crippen LogP) is 15.6. The summed E-state index contributed by atoms with van der Waals surface area (Å²) in [4.78, 5) is 1.31. The van der Waals surface area contributed by atoms with Crippen LogP contribution in [0.5, 0.6) is 0 Å². The van der Waals surface area contributed by atoms with Gasteiger partial charge in [-0.25, -0.2) is 0 Å². The van der Waals surface area contributed by atoms with Crippen LogP contribution < -0.4 is 5.32 Å². The van der Waals surface area contributed by atoms with Gasteiger partial charge in [0.05, 0.1) is 27.5 Å². The molecule has 4 heteroatoms. The fraction of sp³-hybridized carbons (Fsp3) is 0.119. The minimum atomic E-state index is 0.0672. The number of hydrogen-bond donors (Lipinski definition) is 1. The van der Waals surface area contributed by atoms with Gasteiger partial charge in [-0.15, -0.1) is 11.3 Å². The number of ether oxygens (including phenoxy) is 1. The Morgan fingerprint density at radius 1 is 0.794 bits per heavy atom. The van der Waals surface area contributed by atoms with Crippen LogP contribution in [0.25, 0.3) is 43.3 Å². The molecule has 0 saturated carbocycles. The summed E-state index contributed by atoms with van der Waals surface area (Å²) >= 11 is 1.89. The molecule has 4 atom stereocenters. The van der Waals surface area contributed by atoms with E-state index in [1.165, 1.54) is 75.9 Å². The van der Waals surface area contributed by atoms with Crippen molar-refractivity contribution in [1.82, 2.24) is 4.57 Å². The van der Waals surface area contributed by atoms with E-state index in [4.69, 9.17) is 11.3 Å². The quantitative estimate of drug-likeness (QED) is 0.154. The molecule has 3 heterocycles. The Kier molecular flexibility index (Phi) is 9.16. The second-order valence-corrected chi connectivity index (χ2v) is 18.2. The van der Waals surface area contributed by atoms with Crippen LogP contribution in [-0.2, 0) is 4.74 Å². The number of hydrogen-bond acceptors (Lipinski definition) is 3. The zero-order valence-corrected chi connectivity index (χ0v) is 36.0. The highest BCUT2D eigenvalue weighted by Gasteiger charge is 2.42. The Balaban J connectivity index is 0.966. The van der Waals surface area contributed by atoms with Crippen LogP contribution in [0.4, 0.5) is 5.69 Å². The van der Waals surface area contributed by atoms with Crippen LogP contribution in [0.15, 0.2) is 240 Å². The summed E-state index contributed by atoms with van der Waals surface area (Å²) in [5, 5.41) is 7.85. The number of nitrogens with one attached hydrogen (secondary N) is 1. The molecule has 3 nitrogen and oxygen atoms in total. The molecule has 5 aromatic carbocycles. The maximum absolute atomic E-state index is 6.76. The summed E-state index contributed by atoms with van der Waals surface area (Å²) in [6.45, 7) is 7.04. The van der Waals surface area contributed by atoms with Crippen molar-refractivity contribution in [3.05, 3.63) is 256 Å². The first-order valence-corrected chi connectivity index (χ1v) is 23.0. The summed E-state index contributed by atoms with van der Waals surface area (Å²) in [5.74, 6) is 2.60. The van der Waals surface area contributed by atoms with Crippen molar-refractivity contribution < 1.29 is 4.74 Å². The first kappa shape index (κ1) is 37.6. The lowest BCUT2D eigenvalue weighted by molar-refractivity contribution is 0.320. The molecule has 0 bridgehead atoms. The SMILES string of the molecule is C=C(/C=C(\C=C/C)C1C=C2C(=CC1)OC1=CC=CC(c3cccc4c3c3ccccc3n4-c3ccccc3)C12)C1=C(Nc2ccccc2)c2sc3ccccc3c2C2CC=CC=C12. The van der Waals surface area contributed by atoms with E-state index in [9.17, 15) is 0 Å². The van der Waals surface area contributed by atoms with Crippen LogP contribution in [0.2, 0.25) is 0 Å². The fourth-order valence-corrected chi connectivity index (χ4v) is 12.2. The Bertz CT molecular complexity index is 3320. The topological polar surface area (TPSA) is 26.2 Å². The van der Waals surface area contributed by atoms with E-state index in [2.05, 4.69) is 211 Å². The molecule has 1 aliphatic heterocycles. The highest BCUT2D eigenvalue weighted by Crippen LogP contribution is 2.55. The number of nitrogens with zero attached hydrogens (tertiary/aromatic N) is 1. The van der Waals surface area contributed by atoms with E-state index in [1.54, 1.807) is 0 Å². The minimum absolute atomic E-state index is 0.0672. The molecule has 1 fully saturated rings. The summed E-state index contributed by atoms with van der Waals surface area (Å²) < 4.78 is 10.5. The Labute approximate surface area is 372 Å². The number of para-hydroxylation sites is 3.